The first-order valence-electron chi connectivity index (χ1n) is 8.65. The average Bonchev–Trinajstić information content (AvgIpc) is 3.24. The van der Waals surface area contributed by atoms with Crippen molar-refractivity contribution in [1.82, 2.24) is 4.98 Å². The minimum absolute atomic E-state index is 0.262. The van der Waals surface area contributed by atoms with Crippen LogP contribution in [-0.2, 0) is 4.74 Å². The highest BCUT2D eigenvalue weighted by Gasteiger charge is 2.18. The fourth-order valence-electron chi connectivity index (χ4n) is 2.75. The lowest BCUT2D eigenvalue weighted by Crippen LogP contribution is -2.14. The van der Waals surface area contributed by atoms with Crippen molar-refractivity contribution in [2.24, 2.45) is 0 Å². The molecule has 8 heteroatoms. The molecule has 0 atom stereocenters. The maximum absolute atomic E-state index is 12.7. The molecule has 1 N–H and O–H groups in total. The number of methoxy groups -OCH3 is 3. The van der Waals surface area contributed by atoms with E-state index in [1.807, 2.05) is 19.1 Å². The Hall–Kier alpha value is -3.39. The highest BCUT2D eigenvalue weighted by molar-refractivity contribution is 7.13. The molecule has 0 aliphatic rings. The summed E-state index contributed by atoms with van der Waals surface area (Å²) in [5.74, 6) is 0.292. The third-order valence-electron chi connectivity index (χ3n) is 4.28. The molecule has 2 aromatic carbocycles. The number of anilines is 1. The number of benzene rings is 2. The van der Waals surface area contributed by atoms with Crippen molar-refractivity contribution in [2.45, 2.75) is 6.92 Å². The van der Waals surface area contributed by atoms with Crippen LogP contribution in [0.15, 0.2) is 41.8 Å². The Kier molecular flexibility index (Phi) is 6.13. The zero-order chi connectivity index (χ0) is 21.0. The van der Waals surface area contributed by atoms with Gasteiger partial charge in [-0.3, -0.25) is 4.79 Å². The second-order valence-electron chi connectivity index (χ2n) is 6.05. The SMILES string of the molecule is COC(=O)c1ccc(C)c(NC(=O)c2csc(-c3cccc(OC)c3OC)n2)c1. The molecule has 0 bridgehead atoms. The minimum atomic E-state index is -0.471. The summed E-state index contributed by atoms with van der Waals surface area (Å²) >= 11 is 1.32. The Morgan fingerprint density at radius 1 is 1.07 bits per heavy atom. The number of rotatable bonds is 6. The van der Waals surface area contributed by atoms with Crippen LogP contribution in [0.1, 0.15) is 26.4 Å². The number of nitrogens with one attached hydrogen (secondary N) is 1. The van der Waals surface area contributed by atoms with Gasteiger partial charge in [0.15, 0.2) is 11.5 Å². The normalized spacial score (nSPS) is 10.3. The number of carbonyl (C=O) groups excluding carboxylic acids is 2. The molecule has 29 heavy (non-hydrogen) atoms. The van der Waals surface area contributed by atoms with Crippen molar-refractivity contribution in [3.8, 4) is 22.1 Å². The van der Waals surface area contributed by atoms with Gasteiger partial charge in [-0.1, -0.05) is 12.1 Å². The van der Waals surface area contributed by atoms with Gasteiger partial charge in [0.1, 0.15) is 10.7 Å². The molecule has 3 aromatic rings. The third kappa shape index (κ3) is 4.22. The Labute approximate surface area is 172 Å². The fraction of sp³-hybridized carbons (Fsp3) is 0.190. The molecule has 1 amide bonds. The van der Waals surface area contributed by atoms with Crippen LogP contribution >= 0.6 is 11.3 Å². The molecule has 1 aromatic heterocycles. The molecular formula is C21H20N2O5S. The molecule has 1 heterocycles. The van der Waals surface area contributed by atoms with Crippen LogP contribution in [0.25, 0.3) is 10.6 Å². The second kappa shape index (κ2) is 8.74. The summed E-state index contributed by atoms with van der Waals surface area (Å²) in [6.45, 7) is 1.84. The molecule has 0 aliphatic heterocycles. The smallest absolute Gasteiger partial charge is 0.337 e. The predicted octanol–water partition coefficient (Wildman–Crippen LogP) is 4.17. The summed E-state index contributed by atoms with van der Waals surface area (Å²) in [5, 5.41) is 5.10. The predicted molar refractivity (Wildman–Crippen MR) is 111 cm³/mol. The van der Waals surface area contributed by atoms with Crippen molar-refractivity contribution in [2.75, 3.05) is 26.6 Å². The number of hydrogen-bond donors (Lipinski definition) is 1. The largest absolute Gasteiger partial charge is 0.493 e. The van der Waals surface area contributed by atoms with Crippen LogP contribution < -0.4 is 14.8 Å². The monoisotopic (exact) mass is 412 g/mol. The van der Waals surface area contributed by atoms with Gasteiger partial charge in [-0.2, -0.15) is 0 Å². The molecule has 0 radical (unpaired) electrons. The van der Waals surface area contributed by atoms with Crippen LogP contribution in [0.5, 0.6) is 11.5 Å². The summed E-state index contributed by atoms with van der Waals surface area (Å²) in [4.78, 5) is 28.9. The second-order valence-corrected chi connectivity index (χ2v) is 6.91. The molecule has 7 nitrogen and oxygen atoms in total. The number of hydrogen-bond acceptors (Lipinski definition) is 7. The average molecular weight is 412 g/mol. The standard InChI is InChI=1S/C21H20N2O5S/c1-12-8-9-13(21(25)28-4)10-15(12)22-19(24)16-11-29-20(23-16)14-6-5-7-17(26-2)18(14)27-3/h5-11H,1-4H3,(H,22,24). The topological polar surface area (TPSA) is 86.8 Å². The van der Waals surface area contributed by atoms with Gasteiger partial charge in [-0.05, 0) is 36.8 Å². The van der Waals surface area contributed by atoms with E-state index in [4.69, 9.17) is 14.2 Å². The van der Waals surface area contributed by atoms with E-state index < -0.39 is 5.97 Å². The number of aryl methyl sites for hydroxylation is 1. The van der Waals surface area contributed by atoms with Gasteiger partial charge in [0, 0.05) is 11.1 Å². The molecule has 0 aliphatic carbocycles. The van der Waals surface area contributed by atoms with Gasteiger partial charge in [-0.25, -0.2) is 9.78 Å². The zero-order valence-corrected chi connectivity index (χ0v) is 17.3. The molecule has 0 saturated carbocycles. The lowest BCUT2D eigenvalue weighted by Gasteiger charge is -2.10. The van der Waals surface area contributed by atoms with Crippen molar-refractivity contribution in [1.29, 1.82) is 0 Å². The maximum Gasteiger partial charge on any atom is 0.337 e. The van der Waals surface area contributed by atoms with E-state index >= 15 is 0 Å². The minimum Gasteiger partial charge on any atom is -0.493 e. The maximum atomic E-state index is 12.7. The molecule has 3 rings (SSSR count). The summed E-state index contributed by atoms with van der Waals surface area (Å²) in [7, 11) is 4.43. The van der Waals surface area contributed by atoms with E-state index in [9.17, 15) is 9.59 Å². The number of para-hydroxylation sites is 1. The van der Waals surface area contributed by atoms with Gasteiger partial charge < -0.3 is 19.5 Å². The van der Waals surface area contributed by atoms with Gasteiger partial charge in [0.25, 0.3) is 5.91 Å². The van der Waals surface area contributed by atoms with Crippen LogP contribution in [-0.4, -0.2) is 38.2 Å². The van der Waals surface area contributed by atoms with Crippen molar-refractivity contribution in [3.05, 3.63) is 58.6 Å². The van der Waals surface area contributed by atoms with Gasteiger partial charge in [0.2, 0.25) is 0 Å². The molecule has 0 unspecified atom stereocenters. The van der Waals surface area contributed by atoms with Crippen molar-refractivity contribution >= 4 is 28.9 Å². The Bertz CT molecular complexity index is 1060. The number of nitrogens with zero attached hydrogens (tertiary/aromatic N) is 1. The zero-order valence-electron chi connectivity index (χ0n) is 16.4. The highest BCUT2D eigenvalue weighted by atomic mass is 32.1. The highest BCUT2D eigenvalue weighted by Crippen LogP contribution is 2.39. The summed E-state index contributed by atoms with van der Waals surface area (Å²) < 4.78 is 15.5. The molecule has 150 valence electrons. The summed E-state index contributed by atoms with van der Waals surface area (Å²) in [5.41, 5.74) is 2.69. The summed E-state index contributed by atoms with van der Waals surface area (Å²) in [6.07, 6.45) is 0. The third-order valence-corrected chi connectivity index (χ3v) is 5.15. The van der Waals surface area contributed by atoms with Crippen LogP contribution in [0, 0.1) is 6.92 Å². The number of aromatic nitrogens is 1. The van der Waals surface area contributed by atoms with E-state index in [1.165, 1.54) is 18.4 Å². The summed E-state index contributed by atoms with van der Waals surface area (Å²) in [6, 6.07) is 10.5. The van der Waals surface area contributed by atoms with Gasteiger partial charge in [0.05, 0.1) is 32.5 Å². The number of esters is 1. The molecule has 0 fully saturated rings. The van der Waals surface area contributed by atoms with E-state index in [0.717, 1.165) is 11.1 Å². The molecular weight excluding hydrogens is 392 g/mol. The first-order chi connectivity index (χ1) is 14.0. The molecule has 0 spiro atoms. The Morgan fingerprint density at radius 3 is 2.55 bits per heavy atom. The first kappa shape index (κ1) is 20.3. The quantitative estimate of drug-likeness (QED) is 0.612. The lowest BCUT2D eigenvalue weighted by molar-refractivity contribution is 0.0600. The van der Waals surface area contributed by atoms with Crippen molar-refractivity contribution < 1.29 is 23.8 Å². The lowest BCUT2D eigenvalue weighted by atomic mass is 10.1. The van der Waals surface area contributed by atoms with Crippen LogP contribution in [0.4, 0.5) is 5.69 Å². The van der Waals surface area contributed by atoms with E-state index in [1.54, 1.807) is 43.9 Å². The Morgan fingerprint density at radius 2 is 1.86 bits per heavy atom. The van der Waals surface area contributed by atoms with Gasteiger partial charge >= 0.3 is 5.97 Å². The van der Waals surface area contributed by atoms with E-state index in [-0.39, 0.29) is 11.6 Å². The van der Waals surface area contributed by atoms with E-state index in [2.05, 4.69) is 10.3 Å². The van der Waals surface area contributed by atoms with Crippen molar-refractivity contribution in [3.63, 3.8) is 0 Å². The van der Waals surface area contributed by atoms with Crippen LogP contribution in [0.3, 0.4) is 0 Å². The number of carbonyl (C=O) groups is 2. The fourth-order valence-corrected chi connectivity index (χ4v) is 3.57. The Balaban J connectivity index is 1.87. The van der Waals surface area contributed by atoms with Gasteiger partial charge in [-0.15, -0.1) is 11.3 Å². The number of amides is 1. The van der Waals surface area contributed by atoms with E-state index in [0.29, 0.717) is 27.8 Å². The first-order valence-corrected chi connectivity index (χ1v) is 9.53. The number of ether oxygens (including phenoxy) is 3. The molecule has 0 saturated heterocycles. The number of thiazole rings is 1. The van der Waals surface area contributed by atoms with Crippen LogP contribution in [0.2, 0.25) is 0 Å².